The van der Waals surface area contributed by atoms with Crippen LogP contribution in [0.25, 0.3) is 11.1 Å². The first kappa shape index (κ1) is 18.5. The number of halogens is 1. The lowest BCUT2D eigenvalue weighted by Gasteiger charge is -2.13. The van der Waals surface area contributed by atoms with E-state index in [9.17, 15) is 4.39 Å². The van der Waals surface area contributed by atoms with Crippen molar-refractivity contribution in [2.24, 2.45) is 0 Å². The Morgan fingerprint density at radius 2 is 1.00 bits per heavy atom. The first-order valence-electron chi connectivity index (χ1n) is 9.49. The second-order valence-corrected chi connectivity index (χ2v) is 6.60. The number of allylic oxidation sites excluding steroid dienone is 1. The monoisotopic (exact) mass is 374 g/mol. The van der Waals surface area contributed by atoms with Crippen LogP contribution in [0.2, 0.25) is 0 Å². The zero-order valence-corrected chi connectivity index (χ0v) is 15.8. The molecule has 0 nitrogen and oxygen atoms in total. The highest BCUT2D eigenvalue weighted by Crippen LogP contribution is 2.32. The molecule has 0 aliphatic heterocycles. The Kier molecular flexibility index (Phi) is 5.65. The van der Waals surface area contributed by atoms with E-state index in [4.69, 9.17) is 0 Å². The Hall–Kier alpha value is -3.89. The van der Waals surface area contributed by atoms with Gasteiger partial charge < -0.3 is 0 Å². The van der Waals surface area contributed by atoms with Gasteiger partial charge in [0.05, 0.1) is 0 Å². The standard InChI is InChI=1S/C28H19F/c29-26-19-17-25(18-20-26)28(24-14-8-3-9-15-24)27(23-12-6-2-7-13-23)21-16-22-10-4-1-5-11-22/h1-15,17-20H/b28-27+. The van der Waals surface area contributed by atoms with E-state index < -0.39 is 0 Å². The van der Waals surface area contributed by atoms with E-state index in [1.54, 1.807) is 0 Å². The molecule has 0 bridgehead atoms. The smallest absolute Gasteiger partial charge is 0.123 e. The van der Waals surface area contributed by atoms with Gasteiger partial charge in [0.15, 0.2) is 0 Å². The second kappa shape index (κ2) is 8.87. The van der Waals surface area contributed by atoms with Crippen LogP contribution in [-0.4, -0.2) is 0 Å². The van der Waals surface area contributed by atoms with Crippen molar-refractivity contribution in [2.45, 2.75) is 0 Å². The average molecular weight is 374 g/mol. The molecule has 0 fully saturated rings. The van der Waals surface area contributed by atoms with Gasteiger partial charge in [-0.15, -0.1) is 0 Å². The van der Waals surface area contributed by atoms with Gasteiger partial charge in [-0.25, -0.2) is 4.39 Å². The van der Waals surface area contributed by atoms with Crippen molar-refractivity contribution < 1.29 is 4.39 Å². The van der Waals surface area contributed by atoms with Crippen LogP contribution < -0.4 is 0 Å². The number of hydrogen-bond donors (Lipinski definition) is 0. The van der Waals surface area contributed by atoms with Crippen LogP contribution in [0.3, 0.4) is 0 Å². The van der Waals surface area contributed by atoms with Gasteiger partial charge in [0, 0.05) is 16.7 Å². The zero-order valence-electron chi connectivity index (χ0n) is 15.8. The quantitative estimate of drug-likeness (QED) is 0.272. The average Bonchev–Trinajstić information content (AvgIpc) is 2.79. The molecule has 0 aromatic heterocycles. The van der Waals surface area contributed by atoms with E-state index in [-0.39, 0.29) is 5.82 Å². The van der Waals surface area contributed by atoms with E-state index in [1.807, 2.05) is 78.9 Å². The van der Waals surface area contributed by atoms with E-state index in [0.717, 1.165) is 33.4 Å². The molecule has 138 valence electrons. The van der Waals surface area contributed by atoms with Crippen LogP contribution in [0.1, 0.15) is 22.3 Å². The minimum absolute atomic E-state index is 0.252. The predicted octanol–water partition coefficient (Wildman–Crippen LogP) is 6.84. The second-order valence-electron chi connectivity index (χ2n) is 6.60. The maximum atomic E-state index is 13.6. The van der Waals surface area contributed by atoms with Crippen LogP contribution in [0.4, 0.5) is 4.39 Å². The van der Waals surface area contributed by atoms with E-state index in [2.05, 4.69) is 36.1 Å². The fraction of sp³-hybridized carbons (Fsp3) is 0. The molecule has 0 radical (unpaired) electrons. The molecule has 0 unspecified atom stereocenters. The van der Waals surface area contributed by atoms with Gasteiger partial charge in [-0.3, -0.25) is 0 Å². The molecule has 0 N–H and O–H groups in total. The first-order valence-corrected chi connectivity index (χ1v) is 9.49. The van der Waals surface area contributed by atoms with Crippen molar-refractivity contribution in [1.82, 2.24) is 0 Å². The molecule has 4 aromatic carbocycles. The van der Waals surface area contributed by atoms with Gasteiger partial charge in [-0.05, 0) is 41.0 Å². The minimum atomic E-state index is -0.252. The molecule has 0 amide bonds. The highest BCUT2D eigenvalue weighted by Gasteiger charge is 2.13. The van der Waals surface area contributed by atoms with E-state index >= 15 is 0 Å². The Labute approximate surface area is 171 Å². The Bertz CT molecular complexity index is 1160. The molecule has 0 atom stereocenters. The summed E-state index contributed by atoms with van der Waals surface area (Å²) in [7, 11) is 0. The van der Waals surface area contributed by atoms with Crippen LogP contribution in [-0.2, 0) is 0 Å². The lowest BCUT2D eigenvalue weighted by atomic mass is 9.89. The normalized spacial score (nSPS) is 11.2. The molecule has 4 rings (SSSR count). The lowest BCUT2D eigenvalue weighted by Crippen LogP contribution is -1.94. The van der Waals surface area contributed by atoms with Crippen molar-refractivity contribution in [1.29, 1.82) is 0 Å². The third-order valence-electron chi connectivity index (χ3n) is 4.61. The predicted molar refractivity (Wildman–Crippen MR) is 119 cm³/mol. The van der Waals surface area contributed by atoms with E-state index in [0.29, 0.717) is 0 Å². The van der Waals surface area contributed by atoms with Crippen molar-refractivity contribution >= 4 is 11.1 Å². The molecule has 0 heterocycles. The van der Waals surface area contributed by atoms with Crippen LogP contribution in [0, 0.1) is 17.7 Å². The minimum Gasteiger partial charge on any atom is -0.207 e. The molecule has 0 aliphatic rings. The van der Waals surface area contributed by atoms with Gasteiger partial charge in [-0.2, -0.15) is 0 Å². The summed E-state index contributed by atoms with van der Waals surface area (Å²) >= 11 is 0. The maximum absolute atomic E-state index is 13.6. The van der Waals surface area contributed by atoms with Crippen LogP contribution in [0.5, 0.6) is 0 Å². The summed E-state index contributed by atoms with van der Waals surface area (Å²) in [6.07, 6.45) is 0. The summed E-state index contributed by atoms with van der Waals surface area (Å²) in [4.78, 5) is 0. The molecule has 29 heavy (non-hydrogen) atoms. The summed E-state index contributed by atoms with van der Waals surface area (Å²) in [6, 6.07) is 36.8. The summed E-state index contributed by atoms with van der Waals surface area (Å²) in [5.41, 5.74) is 5.85. The molecular formula is C28H19F. The summed E-state index contributed by atoms with van der Waals surface area (Å²) in [5, 5.41) is 0. The summed E-state index contributed by atoms with van der Waals surface area (Å²) in [5.74, 6) is 6.44. The van der Waals surface area contributed by atoms with Gasteiger partial charge >= 0.3 is 0 Å². The lowest BCUT2D eigenvalue weighted by molar-refractivity contribution is 0.627. The fourth-order valence-electron chi connectivity index (χ4n) is 3.22. The number of benzene rings is 4. The third kappa shape index (κ3) is 4.51. The van der Waals surface area contributed by atoms with Crippen molar-refractivity contribution in [3.8, 4) is 11.8 Å². The van der Waals surface area contributed by atoms with Crippen molar-refractivity contribution in [3.63, 3.8) is 0 Å². The van der Waals surface area contributed by atoms with Crippen molar-refractivity contribution in [2.75, 3.05) is 0 Å². The molecule has 0 aliphatic carbocycles. The molecule has 1 heteroatoms. The fourth-order valence-corrected chi connectivity index (χ4v) is 3.22. The molecule has 0 saturated heterocycles. The Morgan fingerprint density at radius 1 is 0.517 bits per heavy atom. The highest BCUT2D eigenvalue weighted by atomic mass is 19.1. The Balaban J connectivity index is 2.00. The molecule has 0 spiro atoms. The highest BCUT2D eigenvalue weighted by molar-refractivity contribution is 6.04. The van der Waals surface area contributed by atoms with Crippen LogP contribution >= 0.6 is 0 Å². The number of rotatable bonds is 3. The van der Waals surface area contributed by atoms with Crippen LogP contribution in [0.15, 0.2) is 115 Å². The molecule has 0 saturated carbocycles. The van der Waals surface area contributed by atoms with Gasteiger partial charge in [0.2, 0.25) is 0 Å². The Morgan fingerprint density at radius 3 is 1.59 bits per heavy atom. The third-order valence-corrected chi connectivity index (χ3v) is 4.61. The molecular weight excluding hydrogens is 355 g/mol. The van der Waals surface area contributed by atoms with Gasteiger partial charge in [0.25, 0.3) is 0 Å². The SMILES string of the molecule is Fc1ccc(/C(=C(\C#Cc2ccccc2)c2ccccc2)c2ccccc2)cc1. The van der Waals surface area contributed by atoms with Gasteiger partial charge in [-0.1, -0.05) is 103 Å². The van der Waals surface area contributed by atoms with E-state index in [1.165, 1.54) is 12.1 Å². The maximum Gasteiger partial charge on any atom is 0.123 e. The molecule has 4 aromatic rings. The van der Waals surface area contributed by atoms with Gasteiger partial charge in [0.1, 0.15) is 5.82 Å². The first-order chi connectivity index (χ1) is 14.3. The van der Waals surface area contributed by atoms with Crippen molar-refractivity contribution in [3.05, 3.63) is 143 Å². The topological polar surface area (TPSA) is 0 Å². The summed E-state index contributed by atoms with van der Waals surface area (Å²) < 4.78 is 13.6. The number of hydrogen-bond acceptors (Lipinski definition) is 0. The zero-order chi connectivity index (χ0) is 19.9. The largest absolute Gasteiger partial charge is 0.207 e. The summed E-state index contributed by atoms with van der Waals surface area (Å²) in [6.45, 7) is 0.